The Labute approximate surface area is 116 Å². The number of hydrogen-bond acceptors (Lipinski definition) is 5. The summed E-state index contributed by atoms with van der Waals surface area (Å²) < 4.78 is 29.4. The molecule has 1 rings (SSSR count). The quantitative estimate of drug-likeness (QED) is 0.771. The first-order chi connectivity index (χ1) is 9.20. The number of furan rings is 1. The Morgan fingerprint density at radius 1 is 1.40 bits per heavy atom. The summed E-state index contributed by atoms with van der Waals surface area (Å²) in [6, 6.07) is 1.27. The van der Waals surface area contributed by atoms with Crippen molar-refractivity contribution in [3.63, 3.8) is 0 Å². The van der Waals surface area contributed by atoms with Crippen molar-refractivity contribution in [2.75, 3.05) is 14.1 Å². The lowest BCUT2D eigenvalue weighted by atomic mass is 10.2. The zero-order chi connectivity index (χ0) is 15.5. The molecule has 0 aliphatic heterocycles. The molecule has 0 bridgehead atoms. The van der Waals surface area contributed by atoms with E-state index in [4.69, 9.17) is 9.52 Å². The summed E-state index contributed by atoms with van der Waals surface area (Å²) in [5.74, 6) is -2.21. The van der Waals surface area contributed by atoms with Crippen LogP contribution in [0.3, 0.4) is 0 Å². The predicted octanol–water partition coefficient (Wildman–Crippen LogP) is 0.123. The molecule has 1 unspecified atom stereocenters. The Morgan fingerprint density at radius 2 is 2.00 bits per heavy atom. The van der Waals surface area contributed by atoms with Gasteiger partial charge in [0, 0.05) is 14.1 Å². The van der Waals surface area contributed by atoms with E-state index in [1.165, 1.54) is 20.2 Å². The number of rotatable bonds is 6. The number of carbonyl (C=O) groups excluding carboxylic acids is 1. The van der Waals surface area contributed by atoms with Gasteiger partial charge in [-0.15, -0.1) is 0 Å². The van der Waals surface area contributed by atoms with Gasteiger partial charge in [0.05, 0.1) is 0 Å². The maximum absolute atomic E-state index is 11.8. The van der Waals surface area contributed by atoms with Gasteiger partial charge in [-0.3, -0.25) is 4.79 Å². The summed E-state index contributed by atoms with van der Waals surface area (Å²) in [6.45, 7) is 1.60. The van der Waals surface area contributed by atoms with Crippen molar-refractivity contribution in [2.45, 2.75) is 24.5 Å². The third kappa shape index (κ3) is 3.36. The lowest BCUT2D eigenvalue weighted by molar-refractivity contribution is -0.139. The highest BCUT2D eigenvalue weighted by atomic mass is 32.2. The third-order valence-corrected chi connectivity index (χ3v) is 4.24. The summed E-state index contributed by atoms with van der Waals surface area (Å²) in [7, 11) is -1.11. The first-order valence-corrected chi connectivity index (χ1v) is 7.20. The molecule has 112 valence electrons. The molecule has 1 aromatic rings. The molecule has 0 aliphatic rings. The van der Waals surface area contributed by atoms with E-state index in [1.54, 1.807) is 6.92 Å². The van der Waals surface area contributed by atoms with E-state index in [9.17, 15) is 18.0 Å². The molecular weight excluding hydrogens is 288 g/mol. The first-order valence-electron chi connectivity index (χ1n) is 5.76. The fourth-order valence-electron chi connectivity index (χ4n) is 1.33. The van der Waals surface area contributed by atoms with Crippen molar-refractivity contribution >= 4 is 21.9 Å². The number of carboxylic acids is 1. The molecule has 9 heteroatoms. The zero-order valence-electron chi connectivity index (χ0n) is 11.3. The highest BCUT2D eigenvalue weighted by Gasteiger charge is 2.25. The van der Waals surface area contributed by atoms with Crippen LogP contribution in [0.4, 0.5) is 0 Å². The molecule has 0 saturated heterocycles. The van der Waals surface area contributed by atoms with E-state index in [0.29, 0.717) is 0 Å². The summed E-state index contributed by atoms with van der Waals surface area (Å²) >= 11 is 0. The van der Waals surface area contributed by atoms with Crippen molar-refractivity contribution in [1.82, 2.24) is 9.62 Å². The number of nitrogens with zero attached hydrogens (tertiary/aromatic N) is 1. The highest BCUT2D eigenvalue weighted by molar-refractivity contribution is 7.88. The molecule has 1 atom stereocenters. The second kappa shape index (κ2) is 6.06. The molecular formula is C11H16N2O6S. The van der Waals surface area contributed by atoms with Crippen molar-refractivity contribution < 1.29 is 27.5 Å². The van der Waals surface area contributed by atoms with Crippen LogP contribution < -0.4 is 5.32 Å². The summed E-state index contributed by atoms with van der Waals surface area (Å²) in [6.07, 6.45) is 0.199. The van der Waals surface area contributed by atoms with Crippen LogP contribution in [0.2, 0.25) is 0 Å². The molecule has 8 nitrogen and oxygen atoms in total. The molecule has 1 amide bonds. The van der Waals surface area contributed by atoms with E-state index < -0.39 is 27.9 Å². The molecule has 20 heavy (non-hydrogen) atoms. The summed E-state index contributed by atoms with van der Waals surface area (Å²) in [4.78, 5) is 22.6. The van der Waals surface area contributed by atoms with Crippen molar-refractivity contribution in [3.05, 3.63) is 17.9 Å². The van der Waals surface area contributed by atoms with Gasteiger partial charge < -0.3 is 14.8 Å². The molecule has 2 N–H and O–H groups in total. The topological polar surface area (TPSA) is 117 Å². The van der Waals surface area contributed by atoms with E-state index in [0.717, 1.165) is 10.4 Å². The normalized spacial score (nSPS) is 13.2. The van der Waals surface area contributed by atoms with E-state index in [-0.39, 0.29) is 17.3 Å². The van der Waals surface area contributed by atoms with Gasteiger partial charge in [-0.2, -0.15) is 0 Å². The number of carboxylic acid groups (broad SMARTS) is 1. The average molecular weight is 304 g/mol. The van der Waals surface area contributed by atoms with Crippen LogP contribution in [0.15, 0.2) is 21.6 Å². The van der Waals surface area contributed by atoms with Crippen molar-refractivity contribution in [3.8, 4) is 0 Å². The minimum Gasteiger partial charge on any atom is -0.480 e. The van der Waals surface area contributed by atoms with Gasteiger partial charge in [0.1, 0.15) is 6.04 Å². The smallest absolute Gasteiger partial charge is 0.326 e. The fraction of sp³-hybridized carbons (Fsp3) is 0.455. The molecule has 1 aromatic heterocycles. The standard InChI is InChI=1S/C11H16N2O6S/c1-4-7(11(15)16)12-10(14)8-5-6-9(19-8)20(17,18)13(2)3/h5-7H,4H2,1-3H3,(H,12,14)(H,15,16). The maximum atomic E-state index is 11.8. The fourth-order valence-corrected chi connectivity index (χ4v) is 2.12. The van der Waals surface area contributed by atoms with Gasteiger partial charge in [-0.25, -0.2) is 17.5 Å². The predicted molar refractivity (Wildman–Crippen MR) is 68.8 cm³/mol. The third-order valence-electron chi connectivity index (χ3n) is 2.55. The molecule has 0 spiro atoms. The number of carbonyl (C=O) groups is 2. The summed E-state index contributed by atoms with van der Waals surface area (Å²) in [5, 5.41) is 10.7. The molecule has 0 aliphatic carbocycles. The number of sulfonamides is 1. The summed E-state index contributed by atoms with van der Waals surface area (Å²) in [5.41, 5.74) is 0. The minimum absolute atomic E-state index is 0.199. The average Bonchev–Trinajstić information content (AvgIpc) is 2.85. The Bertz CT molecular complexity index is 604. The second-order valence-corrected chi connectivity index (χ2v) is 6.26. The number of amides is 1. The highest BCUT2D eigenvalue weighted by Crippen LogP contribution is 2.16. The van der Waals surface area contributed by atoms with Crippen LogP contribution in [-0.2, 0) is 14.8 Å². The minimum atomic E-state index is -3.77. The Hall–Kier alpha value is -1.87. The van der Waals surface area contributed by atoms with Gasteiger partial charge in [0.25, 0.3) is 15.9 Å². The van der Waals surface area contributed by atoms with Crippen LogP contribution in [0.1, 0.15) is 23.9 Å². The zero-order valence-corrected chi connectivity index (χ0v) is 12.1. The van der Waals surface area contributed by atoms with Crippen molar-refractivity contribution in [1.29, 1.82) is 0 Å². The first kappa shape index (κ1) is 16.2. The number of nitrogens with one attached hydrogen (secondary N) is 1. The lowest BCUT2D eigenvalue weighted by Gasteiger charge is -2.11. The SMILES string of the molecule is CCC(NC(=O)c1ccc(S(=O)(=O)N(C)C)o1)C(=O)O. The Morgan fingerprint density at radius 3 is 2.45 bits per heavy atom. The molecule has 0 saturated carbocycles. The Balaban J connectivity index is 2.93. The van der Waals surface area contributed by atoms with Gasteiger partial charge in [0.15, 0.2) is 5.76 Å². The van der Waals surface area contributed by atoms with Crippen LogP contribution >= 0.6 is 0 Å². The van der Waals surface area contributed by atoms with Crippen LogP contribution in [0, 0.1) is 0 Å². The molecule has 0 aromatic carbocycles. The van der Waals surface area contributed by atoms with Crippen LogP contribution in [0.25, 0.3) is 0 Å². The van der Waals surface area contributed by atoms with Crippen LogP contribution in [-0.4, -0.2) is 49.8 Å². The monoisotopic (exact) mass is 304 g/mol. The van der Waals surface area contributed by atoms with Gasteiger partial charge in [-0.05, 0) is 18.6 Å². The lowest BCUT2D eigenvalue weighted by Crippen LogP contribution is -2.40. The Kier molecular flexibility index (Phi) is 4.90. The maximum Gasteiger partial charge on any atom is 0.326 e. The second-order valence-electron chi connectivity index (χ2n) is 4.18. The molecule has 0 radical (unpaired) electrons. The molecule has 1 heterocycles. The number of aliphatic carboxylic acids is 1. The van der Waals surface area contributed by atoms with Gasteiger partial charge >= 0.3 is 5.97 Å². The van der Waals surface area contributed by atoms with E-state index in [2.05, 4.69) is 5.32 Å². The van der Waals surface area contributed by atoms with E-state index in [1.807, 2.05) is 0 Å². The van der Waals surface area contributed by atoms with Crippen molar-refractivity contribution in [2.24, 2.45) is 0 Å². The van der Waals surface area contributed by atoms with E-state index >= 15 is 0 Å². The number of hydrogen-bond donors (Lipinski definition) is 2. The van der Waals surface area contributed by atoms with Crippen LogP contribution in [0.5, 0.6) is 0 Å². The largest absolute Gasteiger partial charge is 0.480 e. The van der Waals surface area contributed by atoms with Gasteiger partial charge in [0.2, 0.25) is 5.09 Å². The molecule has 0 fully saturated rings. The van der Waals surface area contributed by atoms with Gasteiger partial charge in [-0.1, -0.05) is 6.92 Å².